The topological polar surface area (TPSA) is 91.2 Å². The largest absolute Gasteiger partial charge is 0.396 e. The highest BCUT2D eigenvalue weighted by Gasteiger charge is 2.38. The lowest BCUT2D eigenvalue weighted by Gasteiger charge is -2.10. The fourth-order valence-corrected chi connectivity index (χ4v) is 3.35. The molecule has 4 N–H and O–H groups in total. The maximum atomic E-state index is 11.1. The number of hydrogen-bond acceptors (Lipinski definition) is 4. The Labute approximate surface area is 77.7 Å². The van der Waals surface area contributed by atoms with Gasteiger partial charge in [0.2, 0.25) is 0 Å². The number of hydrogen-bond donors (Lipinski definition) is 3. The van der Waals surface area contributed by atoms with Crippen molar-refractivity contribution in [3.05, 3.63) is 0 Å². The van der Waals surface area contributed by atoms with E-state index in [1.54, 1.807) is 5.32 Å². The minimum Gasteiger partial charge on any atom is -0.396 e. The zero-order valence-electron chi connectivity index (χ0n) is 7.39. The third kappa shape index (κ3) is 3.22. The fourth-order valence-electron chi connectivity index (χ4n) is 1.50. The van der Waals surface area contributed by atoms with Gasteiger partial charge in [-0.25, -0.2) is 8.42 Å². The number of aliphatic hydroxyl groups excluding tert-OH is 2. The molecule has 0 aromatic heterocycles. The quantitative estimate of drug-likeness (QED) is 0.434. The molecule has 0 spiro atoms. The van der Waals surface area contributed by atoms with Crippen molar-refractivity contribution in [2.45, 2.75) is 18.6 Å². The molecule has 1 saturated heterocycles. The van der Waals surface area contributed by atoms with Gasteiger partial charge in [0.1, 0.15) is 17.9 Å². The van der Waals surface area contributed by atoms with E-state index in [1.807, 2.05) is 0 Å². The maximum absolute atomic E-state index is 11.1. The van der Waals surface area contributed by atoms with Gasteiger partial charge in [0, 0.05) is 13.0 Å². The van der Waals surface area contributed by atoms with Gasteiger partial charge in [0.15, 0.2) is 9.84 Å². The Hall–Kier alpha value is -0.170. The van der Waals surface area contributed by atoms with Crippen LogP contribution in [-0.2, 0) is 9.84 Å². The maximum Gasteiger partial charge on any atom is 0.159 e. The first-order chi connectivity index (χ1) is 6.05. The molecule has 1 aliphatic rings. The fraction of sp³-hybridized carbons (Fsp3) is 1.00. The molecular formula is C7H16NO4S+. The van der Waals surface area contributed by atoms with Crippen LogP contribution in [0.3, 0.4) is 0 Å². The van der Waals surface area contributed by atoms with Gasteiger partial charge in [-0.1, -0.05) is 0 Å². The van der Waals surface area contributed by atoms with Crippen LogP contribution in [0.1, 0.15) is 6.42 Å². The van der Waals surface area contributed by atoms with Gasteiger partial charge in [0.05, 0.1) is 12.3 Å². The van der Waals surface area contributed by atoms with Crippen molar-refractivity contribution < 1.29 is 23.9 Å². The molecular weight excluding hydrogens is 194 g/mol. The Morgan fingerprint density at radius 2 is 2.08 bits per heavy atom. The summed E-state index contributed by atoms with van der Waals surface area (Å²) >= 11 is 0. The Morgan fingerprint density at radius 1 is 1.38 bits per heavy atom. The number of aliphatic hydroxyl groups is 2. The van der Waals surface area contributed by atoms with E-state index in [1.165, 1.54) is 0 Å². The predicted octanol–water partition coefficient (Wildman–Crippen LogP) is -2.91. The minimum atomic E-state index is -3.03. The van der Waals surface area contributed by atoms with Crippen LogP contribution in [0.2, 0.25) is 0 Å². The summed E-state index contributed by atoms with van der Waals surface area (Å²) < 4.78 is 22.1. The summed E-state index contributed by atoms with van der Waals surface area (Å²) in [6.07, 6.45) is -0.118. The van der Waals surface area contributed by atoms with E-state index in [-0.39, 0.29) is 24.2 Å². The zero-order valence-corrected chi connectivity index (χ0v) is 8.20. The van der Waals surface area contributed by atoms with Crippen molar-refractivity contribution in [3.8, 4) is 0 Å². The first kappa shape index (κ1) is 10.9. The van der Waals surface area contributed by atoms with Crippen LogP contribution in [0.25, 0.3) is 0 Å². The normalized spacial score (nSPS) is 32.2. The smallest absolute Gasteiger partial charge is 0.159 e. The Morgan fingerprint density at radius 3 is 2.54 bits per heavy atom. The molecule has 0 aliphatic carbocycles. The average molecular weight is 210 g/mol. The summed E-state index contributed by atoms with van der Waals surface area (Å²) in [5, 5.41) is 19.7. The summed E-state index contributed by atoms with van der Waals surface area (Å²) in [5.74, 6) is -0.0626. The van der Waals surface area contributed by atoms with Crippen molar-refractivity contribution >= 4 is 9.84 Å². The molecule has 0 bridgehead atoms. The lowest BCUT2D eigenvalue weighted by molar-refractivity contribution is -0.690. The lowest BCUT2D eigenvalue weighted by Crippen LogP contribution is -2.92. The Balaban J connectivity index is 2.36. The summed E-state index contributed by atoms with van der Waals surface area (Å²) in [7, 11) is -3.03. The number of quaternary nitrogens is 1. The number of rotatable bonds is 4. The van der Waals surface area contributed by atoms with Gasteiger partial charge in [-0.15, -0.1) is 0 Å². The SMILES string of the molecule is O=S1(=O)C[C@H](O)[C@H]([NH2+]CCCO)C1. The molecule has 6 heteroatoms. The van der Waals surface area contributed by atoms with Crippen LogP contribution in [0.5, 0.6) is 0 Å². The second-order valence-corrected chi connectivity index (χ2v) is 5.56. The van der Waals surface area contributed by atoms with E-state index in [4.69, 9.17) is 5.11 Å². The van der Waals surface area contributed by atoms with Crippen LogP contribution in [0.15, 0.2) is 0 Å². The molecule has 0 radical (unpaired) electrons. The summed E-state index contributed by atoms with van der Waals surface area (Å²) in [6.45, 7) is 0.764. The van der Waals surface area contributed by atoms with E-state index in [0.717, 1.165) is 0 Å². The number of sulfone groups is 1. The van der Waals surface area contributed by atoms with Gasteiger partial charge < -0.3 is 15.5 Å². The summed E-state index contributed by atoms with van der Waals surface area (Å²) in [4.78, 5) is 0. The van der Waals surface area contributed by atoms with E-state index in [2.05, 4.69) is 0 Å². The van der Waals surface area contributed by atoms with Gasteiger partial charge in [-0.05, 0) is 0 Å². The Bertz CT molecular complexity index is 251. The molecule has 0 aromatic carbocycles. The van der Waals surface area contributed by atoms with Crippen LogP contribution >= 0.6 is 0 Å². The van der Waals surface area contributed by atoms with Crippen molar-refractivity contribution in [1.82, 2.24) is 0 Å². The van der Waals surface area contributed by atoms with Crippen LogP contribution in [0.4, 0.5) is 0 Å². The standard InChI is InChI=1S/C7H15NO4S/c9-3-1-2-8-6-4-13(11,12)5-7(6)10/h6-10H,1-5H2/p+1/t6-,7+/m1/s1. The first-order valence-corrected chi connectivity index (χ1v) is 6.20. The second-order valence-electron chi connectivity index (χ2n) is 3.41. The molecule has 78 valence electrons. The highest BCUT2D eigenvalue weighted by atomic mass is 32.2. The first-order valence-electron chi connectivity index (χ1n) is 4.38. The van der Waals surface area contributed by atoms with Gasteiger partial charge in [-0.3, -0.25) is 0 Å². The van der Waals surface area contributed by atoms with Gasteiger partial charge in [-0.2, -0.15) is 0 Å². The van der Waals surface area contributed by atoms with Crippen molar-refractivity contribution in [1.29, 1.82) is 0 Å². The van der Waals surface area contributed by atoms with E-state index >= 15 is 0 Å². The monoisotopic (exact) mass is 210 g/mol. The highest BCUT2D eigenvalue weighted by Crippen LogP contribution is 2.08. The lowest BCUT2D eigenvalue weighted by atomic mass is 10.2. The molecule has 1 aliphatic heterocycles. The molecule has 1 fully saturated rings. The van der Waals surface area contributed by atoms with Gasteiger partial charge >= 0.3 is 0 Å². The van der Waals surface area contributed by atoms with Crippen molar-refractivity contribution in [3.63, 3.8) is 0 Å². The van der Waals surface area contributed by atoms with Crippen LogP contribution < -0.4 is 5.32 Å². The van der Waals surface area contributed by atoms with Crippen molar-refractivity contribution in [2.24, 2.45) is 0 Å². The van der Waals surface area contributed by atoms with Crippen LogP contribution in [0, 0.1) is 0 Å². The molecule has 0 aromatic rings. The van der Waals surface area contributed by atoms with E-state index in [0.29, 0.717) is 13.0 Å². The molecule has 0 saturated carbocycles. The molecule has 2 atom stereocenters. The molecule has 1 rings (SSSR count). The highest BCUT2D eigenvalue weighted by molar-refractivity contribution is 7.91. The molecule has 0 unspecified atom stereocenters. The summed E-state index contributed by atoms with van der Waals surface area (Å²) in [5.41, 5.74) is 0. The Kier molecular flexibility index (Phi) is 3.66. The minimum absolute atomic E-state index is 0.0552. The molecule has 13 heavy (non-hydrogen) atoms. The number of nitrogens with two attached hydrogens (primary N) is 1. The van der Waals surface area contributed by atoms with Crippen LogP contribution in [-0.4, -0.2) is 55.4 Å². The third-order valence-electron chi connectivity index (χ3n) is 2.20. The second kappa shape index (κ2) is 4.36. The molecule has 1 heterocycles. The molecule has 5 nitrogen and oxygen atoms in total. The average Bonchev–Trinajstić information content (AvgIpc) is 2.25. The van der Waals surface area contributed by atoms with E-state index < -0.39 is 15.9 Å². The third-order valence-corrected chi connectivity index (χ3v) is 3.94. The molecule has 0 amide bonds. The predicted molar refractivity (Wildman–Crippen MR) is 46.9 cm³/mol. The van der Waals surface area contributed by atoms with E-state index in [9.17, 15) is 13.5 Å². The van der Waals surface area contributed by atoms with Crippen molar-refractivity contribution in [2.75, 3.05) is 24.7 Å². The summed E-state index contributed by atoms with van der Waals surface area (Å²) in [6, 6.07) is -0.239. The van der Waals surface area contributed by atoms with Gasteiger partial charge in [0.25, 0.3) is 0 Å². The zero-order chi connectivity index (χ0) is 9.90.